The zero-order valence-corrected chi connectivity index (χ0v) is 9.50. The zero-order chi connectivity index (χ0) is 11.8. The number of benzene rings is 1. The molecule has 0 saturated carbocycles. The highest BCUT2D eigenvalue weighted by Crippen LogP contribution is 2.28. The zero-order valence-electron chi connectivity index (χ0n) is 8.74. The fourth-order valence-electron chi connectivity index (χ4n) is 1.85. The third kappa shape index (κ3) is 1.68. The molecule has 3 rings (SSSR count). The predicted octanol–water partition coefficient (Wildman–Crippen LogP) is 4.02. The van der Waals surface area contributed by atoms with Crippen molar-refractivity contribution < 1.29 is 4.39 Å². The van der Waals surface area contributed by atoms with E-state index in [1.165, 1.54) is 6.07 Å². The fraction of sp³-hybridized carbons (Fsp3) is 0. The number of H-pyrrole nitrogens is 1. The van der Waals surface area contributed by atoms with Gasteiger partial charge in [0.05, 0.1) is 5.69 Å². The third-order valence-electron chi connectivity index (χ3n) is 2.67. The van der Waals surface area contributed by atoms with E-state index in [0.29, 0.717) is 5.69 Å². The van der Waals surface area contributed by atoms with Crippen LogP contribution in [0.25, 0.3) is 22.2 Å². The Hall–Kier alpha value is -1.87. The van der Waals surface area contributed by atoms with Crippen molar-refractivity contribution >= 4 is 22.5 Å². The largest absolute Gasteiger partial charge is 0.360 e. The Morgan fingerprint density at radius 1 is 1.12 bits per heavy atom. The Labute approximate surface area is 102 Å². The number of pyridine rings is 1. The molecule has 2 heterocycles. The van der Waals surface area contributed by atoms with Crippen LogP contribution in [0, 0.1) is 5.82 Å². The van der Waals surface area contributed by atoms with Crippen LogP contribution in [0.3, 0.4) is 0 Å². The molecule has 0 aliphatic carbocycles. The van der Waals surface area contributed by atoms with Crippen LogP contribution in [0.15, 0.2) is 42.6 Å². The van der Waals surface area contributed by atoms with Crippen molar-refractivity contribution in [3.8, 4) is 11.3 Å². The molecule has 0 atom stereocenters. The molecule has 0 unspecified atom stereocenters. The Bertz CT molecular complexity index is 691. The Balaban J connectivity index is 2.24. The Morgan fingerprint density at radius 2 is 1.94 bits per heavy atom. The molecule has 0 bridgehead atoms. The van der Waals surface area contributed by atoms with Crippen LogP contribution in [0.5, 0.6) is 0 Å². The molecule has 1 N–H and O–H groups in total. The summed E-state index contributed by atoms with van der Waals surface area (Å²) in [7, 11) is 0. The van der Waals surface area contributed by atoms with Crippen molar-refractivity contribution in [1.82, 2.24) is 9.97 Å². The molecular weight excluding hydrogens is 239 g/mol. The number of hydrogen-bond acceptors (Lipinski definition) is 1. The van der Waals surface area contributed by atoms with E-state index in [1.54, 1.807) is 6.07 Å². The summed E-state index contributed by atoms with van der Waals surface area (Å²) in [5.74, 6) is -0.504. The molecule has 17 heavy (non-hydrogen) atoms. The van der Waals surface area contributed by atoms with Gasteiger partial charge in [0, 0.05) is 22.7 Å². The number of halogens is 2. The number of hydrogen-bond donors (Lipinski definition) is 1. The summed E-state index contributed by atoms with van der Waals surface area (Å²) < 4.78 is 13.1. The van der Waals surface area contributed by atoms with Gasteiger partial charge in [0.2, 0.25) is 0 Å². The van der Waals surface area contributed by atoms with E-state index in [0.717, 1.165) is 16.5 Å². The molecule has 0 saturated heterocycles. The first kappa shape index (κ1) is 10.3. The average molecular weight is 247 g/mol. The lowest BCUT2D eigenvalue weighted by Crippen LogP contribution is -1.86. The highest BCUT2D eigenvalue weighted by molar-refractivity contribution is 6.29. The Kier molecular flexibility index (Phi) is 2.34. The third-order valence-corrected chi connectivity index (χ3v) is 2.93. The van der Waals surface area contributed by atoms with Gasteiger partial charge in [0.25, 0.3) is 0 Å². The minimum Gasteiger partial charge on any atom is -0.360 e. The van der Waals surface area contributed by atoms with Crippen LogP contribution < -0.4 is 0 Å². The van der Waals surface area contributed by atoms with Gasteiger partial charge >= 0.3 is 0 Å². The second-order valence-electron chi connectivity index (χ2n) is 3.72. The molecule has 4 heteroatoms. The second-order valence-corrected chi connectivity index (χ2v) is 4.08. The van der Waals surface area contributed by atoms with Gasteiger partial charge in [-0.15, -0.1) is 0 Å². The molecule has 0 spiro atoms. The van der Waals surface area contributed by atoms with Crippen LogP contribution in [0.1, 0.15) is 0 Å². The van der Waals surface area contributed by atoms with E-state index in [4.69, 9.17) is 11.6 Å². The average Bonchev–Trinajstić information content (AvgIpc) is 2.76. The number of para-hydroxylation sites is 1. The quantitative estimate of drug-likeness (QED) is 0.646. The van der Waals surface area contributed by atoms with Gasteiger partial charge in [-0.2, -0.15) is 0 Å². The van der Waals surface area contributed by atoms with Crippen LogP contribution in [0.2, 0.25) is 5.15 Å². The first-order valence-electron chi connectivity index (χ1n) is 5.14. The van der Waals surface area contributed by atoms with Crippen molar-refractivity contribution in [2.24, 2.45) is 0 Å². The van der Waals surface area contributed by atoms with Crippen molar-refractivity contribution in [2.45, 2.75) is 0 Å². The molecular formula is C13H8ClFN2. The van der Waals surface area contributed by atoms with Crippen LogP contribution in [0.4, 0.5) is 4.39 Å². The minimum atomic E-state index is -0.504. The summed E-state index contributed by atoms with van der Waals surface area (Å²) in [6.07, 6.45) is 1.85. The molecule has 2 aromatic heterocycles. The summed E-state index contributed by atoms with van der Waals surface area (Å²) in [5, 5.41) is 0.940. The van der Waals surface area contributed by atoms with Gasteiger partial charge in [-0.1, -0.05) is 29.8 Å². The van der Waals surface area contributed by atoms with E-state index < -0.39 is 5.82 Å². The number of aromatic amines is 1. The topological polar surface area (TPSA) is 28.7 Å². The molecule has 0 radical (unpaired) electrons. The number of aromatic nitrogens is 2. The monoisotopic (exact) mass is 246 g/mol. The number of nitrogens with zero attached hydrogens (tertiary/aromatic N) is 1. The lowest BCUT2D eigenvalue weighted by Gasteiger charge is -2.00. The Morgan fingerprint density at radius 3 is 2.76 bits per heavy atom. The van der Waals surface area contributed by atoms with Crippen molar-refractivity contribution in [1.29, 1.82) is 0 Å². The standard InChI is InChI=1S/C13H8ClFN2/c14-13-10(15)5-6-12(17-13)9-7-16-11-4-2-1-3-8(9)11/h1-7,16H. The first-order valence-corrected chi connectivity index (χ1v) is 5.52. The molecule has 0 aliphatic heterocycles. The first-order chi connectivity index (χ1) is 8.25. The SMILES string of the molecule is Fc1ccc(-c2c[nH]c3ccccc23)nc1Cl. The van der Waals surface area contributed by atoms with Crippen molar-refractivity contribution in [3.05, 3.63) is 53.6 Å². The molecule has 0 fully saturated rings. The van der Waals surface area contributed by atoms with Gasteiger partial charge in [0.1, 0.15) is 0 Å². The van der Waals surface area contributed by atoms with E-state index in [1.807, 2.05) is 30.5 Å². The highest BCUT2D eigenvalue weighted by atomic mass is 35.5. The van der Waals surface area contributed by atoms with E-state index in [9.17, 15) is 4.39 Å². The summed E-state index contributed by atoms with van der Waals surface area (Å²) in [5.41, 5.74) is 2.60. The maximum atomic E-state index is 13.1. The maximum absolute atomic E-state index is 13.1. The summed E-state index contributed by atoms with van der Waals surface area (Å²) in [6.45, 7) is 0. The van der Waals surface area contributed by atoms with Gasteiger partial charge in [-0.25, -0.2) is 9.37 Å². The summed E-state index contributed by atoms with van der Waals surface area (Å²) >= 11 is 5.69. The molecule has 84 valence electrons. The molecule has 1 aromatic carbocycles. The molecule has 0 aliphatic rings. The maximum Gasteiger partial charge on any atom is 0.165 e. The van der Waals surface area contributed by atoms with E-state index in [-0.39, 0.29) is 5.15 Å². The van der Waals surface area contributed by atoms with Crippen LogP contribution in [-0.2, 0) is 0 Å². The van der Waals surface area contributed by atoms with Gasteiger partial charge in [-0.05, 0) is 18.2 Å². The highest BCUT2D eigenvalue weighted by Gasteiger charge is 2.09. The van der Waals surface area contributed by atoms with Crippen molar-refractivity contribution in [2.75, 3.05) is 0 Å². The smallest absolute Gasteiger partial charge is 0.165 e. The number of fused-ring (bicyclic) bond motifs is 1. The minimum absolute atomic E-state index is 0.104. The molecule has 2 nitrogen and oxygen atoms in total. The van der Waals surface area contributed by atoms with E-state index >= 15 is 0 Å². The number of rotatable bonds is 1. The van der Waals surface area contributed by atoms with Crippen LogP contribution in [-0.4, -0.2) is 9.97 Å². The second kappa shape index (κ2) is 3.86. The molecule has 0 amide bonds. The lowest BCUT2D eigenvalue weighted by atomic mass is 10.1. The predicted molar refractivity (Wildman–Crippen MR) is 66.5 cm³/mol. The summed E-state index contributed by atoms with van der Waals surface area (Å²) in [4.78, 5) is 7.18. The summed E-state index contributed by atoms with van der Waals surface area (Å²) in [6, 6.07) is 10.8. The van der Waals surface area contributed by atoms with Gasteiger partial charge in [-0.3, -0.25) is 0 Å². The van der Waals surface area contributed by atoms with E-state index in [2.05, 4.69) is 9.97 Å². The molecule has 3 aromatic rings. The van der Waals surface area contributed by atoms with Gasteiger partial charge < -0.3 is 4.98 Å². The van der Waals surface area contributed by atoms with Crippen molar-refractivity contribution in [3.63, 3.8) is 0 Å². The number of nitrogens with one attached hydrogen (secondary N) is 1. The van der Waals surface area contributed by atoms with Crippen LogP contribution >= 0.6 is 11.6 Å². The normalized spacial score (nSPS) is 10.9. The lowest BCUT2D eigenvalue weighted by molar-refractivity contribution is 0.622. The van der Waals surface area contributed by atoms with Gasteiger partial charge in [0.15, 0.2) is 11.0 Å². The fourth-order valence-corrected chi connectivity index (χ4v) is 2.00.